The highest BCUT2D eigenvalue weighted by molar-refractivity contribution is 7.13. The number of carbonyl (C=O) groups is 1. The summed E-state index contributed by atoms with van der Waals surface area (Å²) in [7, 11) is 1.67. The first-order valence-corrected chi connectivity index (χ1v) is 7.21. The van der Waals surface area contributed by atoms with Gasteiger partial charge in [0, 0.05) is 32.2 Å². The number of hydrogen-bond acceptors (Lipinski definition) is 5. The van der Waals surface area contributed by atoms with Crippen LogP contribution in [0.3, 0.4) is 0 Å². The van der Waals surface area contributed by atoms with Gasteiger partial charge >= 0.3 is 0 Å². The van der Waals surface area contributed by atoms with E-state index in [4.69, 9.17) is 4.74 Å². The standard InChI is InChI=1S/C13H23N3O2S.2ClH/c1-13(2,3)12-16-9-10(19-12)11(17)15-6-5-14-7-8-18-4;;/h9,14H,5-8H2,1-4H3,(H,15,17);2*1H. The normalized spacial score (nSPS) is 10.5. The van der Waals surface area contributed by atoms with Crippen molar-refractivity contribution in [1.82, 2.24) is 15.6 Å². The fraction of sp³-hybridized carbons (Fsp3) is 0.692. The van der Waals surface area contributed by atoms with Crippen molar-refractivity contribution < 1.29 is 9.53 Å². The Kier molecular flexibility index (Phi) is 12.2. The van der Waals surface area contributed by atoms with Crippen molar-refractivity contribution in [2.24, 2.45) is 0 Å². The van der Waals surface area contributed by atoms with Crippen LogP contribution in [-0.2, 0) is 10.2 Å². The van der Waals surface area contributed by atoms with E-state index in [-0.39, 0.29) is 36.1 Å². The molecule has 1 aromatic heterocycles. The highest BCUT2D eigenvalue weighted by Crippen LogP contribution is 2.26. The fourth-order valence-electron chi connectivity index (χ4n) is 1.38. The van der Waals surface area contributed by atoms with Crippen LogP contribution < -0.4 is 10.6 Å². The van der Waals surface area contributed by atoms with Gasteiger partial charge in [-0.25, -0.2) is 4.98 Å². The largest absolute Gasteiger partial charge is 0.383 e. The Hall–Kier alpha value is -0.400. The second kappa shape index (κ2) is 11.2. The number of ether oxygens (including phenoxy) is 1. The molecule has 5 nitrogen and oxygen atoms in total. The molecule has 0 saturated carbocycles. The van der Waals surface area contributed by atoms with Crippen LogP contribution in [0.2, 0.25) is 0 Å². The molecule has 124 valence electrons. The van der Waals surface area contributed by atoms with E-state index in [0.29, 0.717) is 18.0 Å². The summed E-state index contributed by atoms with van der Waals surface area (Å²) >= 11 is 1.46. The Balaban J connectivity index is 0. The molecule has 2 N–H and O–H groups in total. The third-order valence-electron chi connectivity index (χ3n) is 2.44. The molecule has 1 aromatic rings. The van der Waals surface area contributed by atoms with Gasteiger partial charge in [-0.1, -0.05) is 20.8 Å². The van der Waals surface area contributed by atoms with Crippen molar-refractivity contribution in [2.45, 2.75) is 26.2 Å². The summed E-state index contributed by atoms with van der Waals surface area (Å²) in [5, 5.41) is 7.02. The number of aromatic nitrogens is 1. The van der Waals surface area contributed by atoms with Gasteiger partial charge in [0.15, 0.2) is 0 Å². The van der Waals surface area contributed by atoms with Gasteiger partial charge in [0.2, 0.25) is 0 Å². The van der Waals surface area contributed by atoms with Crippen LogP contribution in [0.1, 0.15) is 35.5 Å². The molecular formula is C13H25Cl2N3O2S. The van der Waals surface area contributed by atoms with E-state index in [1.54, 1.807) is 13.3 Å². The first-order chi connectivity index (χ1) is 8.95. The molecule has 0 bridgehead atoms. The lowest BCUT2D eigenvalue weighted by Gasteiger charge is -2.13. The molecule has 21 heavy (non-hydrogen) atoms. The highest BCUT2D eigenvalue weighted by atomic mass is 35.5. The van der Waals surface area contributed by atoms with Gasteiger partial charge in [0.05, 0.1) is 17.8 Å². The van der Waals surface area contributed by atoms with E-state index in [1.807, 2.05) is 0 Å². The maximum Gasteiger partial charge on any atom is 0.263 e. The summed E-state index contributed by atoms with van der Waals surface area (Å²) in [6, 6.07) is 0. The van der Waals surface area contributed by atoms with E-state index in [0.717, 1.165) is 18.1 Å². The average Bonchev–Trinajstić information content (AvgIpc) is 2.82. The predicted octanol–water partition coefficient (Wildman–Crippen LogP) is 2.25. The lowest BCUT2D eigenvalue weighted by molar-refractivity contribution is 0.0957. The van der Waals surface area contributed by atoms with Gasteiger partial charge in [0.1, 0.15) is 4.88 Å². The average molecular weight is 358 g/mol. The number of rotatable bonds is 7. The van der Waals surface area contributed by atoms with Crippen molar-refractivity contribution in [3.8, 4) is 0 Å². The van der Waals surface area contributed by atoms with Crippen LogP contribution in [0.25, 0.3) is 0 Å². The summed E-state index contributed by atoms with van der Waals surface area (Å²) in [6.07, 6.45) is 1.65. The quantitative estimate of drug-likeness (QED) is 0.734. The number of halogens is 2. The van der Waals surface area contributed by atoms with Crippen molar-refractivity contribution in [3.05, 3.63) is 16.1 Å². The smallest absolute Gasteiger partial charge is 0.263 e. The van der Waals surface area contributed by atoms with Crippen LogP contribution in [0.5, 0.6) is 0 Å². The van der Waals surface area contributed by atoms with Crippen LogP contribution in [0, 0.1) is 0 Å². The zero-order chi connectivity index (χ0) is 14.3. The first kappa shape index (κ1) is 22.9. The van der Waals surface area contributed by atoms with Crippen molar-refractivity contribution in [2.75, 3.05) is 33.4 Å². The third-order valence-corrected chi connectivity index (χ3v) is 3.86. The van der Waals surface area contributed by atoms with Crippen molar-refractivity contribution in [1.29, 1.82) is 0 Å². The van der Waals surface area contributed by atoms with Crippen LogP contribution >= 0.6 is 36.2 Å². The fourth-order valence-corrected chi connectivity index (χ4v) is 2.27. The Morgan fingerprint density at radius 3 is 2.48 bits per heavy atom. The van der Waals surface area contributed by atoms with E-state index >= 15 is 0 Å². The molecule has 1 amide bonds. The molecule has 0 unspecified atom stereocenters. The topological polar surface area (TPSA) is 63.2 Å². The van der Waals surface area contributed by atoms with E-state index in [9.17, 15) is 4.79 Å². The predicted molar refractivity (Wildman–Crippen MR) is 92.4 cm³/mol. The molecule has 0 aromatic carbocycles. The second-order valence-corrected chi connectivity index (χ2v) is 6.31. The van der Waals surface area contributed by atoms with Gasteiger partial charge in [0.25, 0.3) is 5.91 Å². The summed E-state index contributed by atoms with van der Waals surface area (Å²) in [5.74, 6) is -0.0541. The van der Waals surface area contributed by atoms with Crippen molar-refractivity contribution >= 4 is 42.1 Å². The molecule has 0 aliphatic carbocycles. The number of amides is 1. The zero-order valence-electron chi connectivity index (χ0n) is 12.9. The molecule has 0 aliphatic rings. The Labute approximate surface area is 143 Å². The number of carbonyl (C=O) groups excluding carboxylic acids is 1. The lowest BCUT2D eigenvalue weighted by atomic mass is 9.98. The Bertz CT molecular complexity index is 408. The van der Waals surface area contributed by atoms with Crippen LogP contribution in [-0.4, -0.2) is 44.2 Å². The molecule has 8 heteroatoms. The number of nitrogens with zero attached hydrogens (tertiary/aromatic N) is 1. The number of methoxy groups -OCH3 is 1. The summed E-state index contributed by atoms with van der Waals surface area (Å²) in [6.45, 7) is 9.08. The minimum absolute atomic E-state index is 0. The van der Waals surface area contributed by atoms with Gasteiger partial charge in [-0.15, -0.1) is 36.2 Å². The molecule has 0 atom stereocenters. The van der Waals surface area contributed by atoms with E-state index in [1.165, 1.54) is 11.3 Å². The highest BCUT2D eigenvalue weighted by Gasteiger charge is 2.20. The van der Waals surface area contributed by atoms with E-state index in [2.05, 4.69) is 36.4 Å². The maximum absolute atomic E-state index is 11.9. The molecule has 0 saturated heterocycles. The molecule has 0 fully saturated rings. The third kappa shape index (κ3) is 8.58. The SMILES string of the molecule is COCCNCCNC(=O)c1cnc(C(C)(C)C)s1.Cl.Cl. The monoisotopic (exact) mass is 357 g/mol. The molecule has 1 heterocycles. The second-order valence-electron chi connectivity index (χ2n) is 5.28. The van der Waals surface area contributed by atoms with Crippen molar-refractivity contribution in [3.63, 3.8) is 0 Å². The first-order valence-electron chi connectivity index (χ1n) is 6.39. The number of hydrogen-bond donors (Lipinski definition) is 2. The van der Waals surface area contributed by atoms with Gasteiger partial charge < -0.3 is 15.4 Å². The van der Waals surface area contributed by atoms with Gasteiger partial charge in [-0.3, -0.25) is 4.79 Å². The molecular weight excluding hydrogens is 333 g/mol. The zero-order valence-corrected chi connectivity index (χ0v) is 15.3. The van der Waals surface area contributed by atoms with Crippen LogP contribution in [0.4, 0.5) is 0 Å². The van der Waals surface area contributed by atoms with Gasteiger partial charge in [-0.05, 0) is 0 Å². The summed E-state index contributed by atoms with van der Waals surface area (Å²) in [5.41, 5.74) is -0.00902. The van der Waals surface area contributed by atoms with Gasteiger partial charge in [-0.2, -0.15) is 0 Å². The maximum atomic E-state index is 11.9. The molecule has 0 radical (unpaired) electrons. The Morgan fingerprint density at radius 1 is 1.29 bits per heavy atom. The lowest BCUT2D eigenvalue weighted by Crippen LogP contribution is -2.32. The number of thiazole rings is 1. The Morgan fingerprint density at radius 2 is 1.95 bits per heavy atom. The summed E-state index contributed by atoms with van der Waals surface area (Å²) < 4.78 is 4.92. The molecule has 0 spiro atoms. The van der Waals surface area contributed by atoms with E-state index < -0.39 is 0 Å². The minimum Gasteiger partial charge on any atom is -0.383 e. The number of nitrogens with one attached hydrogen (secondary N) is 2. The summed E-state index contributed by atoms with van der Waals surface area (Å²) in [4.78, 5) is 16.9. The molecule has 0 aliphatic heterocycles. The van der Waals surface area contributed by atoms with Crippen LogP contribution in [0.15, 0.2) is 6.20 Å². The molecule has 1 rings (SSSR count). The minimum atomic E-state index is -0.0541.